The van der Waals surface area contributed by atoms with Crippen molar-refractivity contribution in [2.24, 2.45) is 7.05 Å². The fourth-order valence-corrected chi connectivity index (χ4v) is 1.84. The van der Waals surface area contributed by atoms with Gasteiger partial charge in [-0.15, -0.1) is 0 Å². The van der Waals surface area contributed by atoms with Gasteiger partial charge in [-0.25, -0.2) is 9.67 Å². The maximum Gasteiger partial charge on any atom is 0.138 e. The summed E-state index contributed by atoms with van der Waals surface area (Å²) < 4.78 is 3.58. The van der Waals surface area contributed by atoms with Crippen molar-refractivity contribution in [3.05, 3.63) is 54.9 Å². The van der Waals surface area contributed by atoms with E-state index >= 15 is 0 Å². The van der Waals surface area contributed by atoms with Crippen LogP contribution in [0.4, 0.5) is 5.69 Å². The number of nitrogens with one attached hydrogen (secondary N) is 1. The first-order chi connectivity index (χ1) is 9.33. The summed E-state index contributed by atoms with van der Waals surface area (Å²) in [5.74, 6) is 0. The summed E-state index contributed by atoms with van der Waals surface area (Å²) in [7, 11) is 1.94. The van der Waals surface area contributed by atoms with Crippen LogP contribution >= 0.6 is 0 Å². The molecule has 0 aliphatic carbocycles. The summed E-state index contributed by atoms with van der Waals surface area (Å²) in [5, 5.41) is 11.6. The molecule has 0 atom stereocenters. The maximum absolute atomic E-state index is 4.13. The van der Waals surface area contributed by atoms with Crippen molar-refractivity contribution in [2.75, 3.05) is 5.32 Å². The van der Waals surface area contributed by atoms with Crippen molar-refractivity contribution in [3.8, 4) is 5.69 Å². The normalized spacial score (nSPS) is 10.6. The molecule has 19 heavy (non-hydrogen) atoms. The molecule has 0 spiro atoms. The number of hydrogen-bond donors (Lipinski definition) is 1. The third kappa shape index (κ3) is 2.47. The van der Waals surface area contributed by atoms with Crippen LogP contribution in [-0.4, -0.2) is 24.5 Å². The molecule has 96 valence electrons. The summed E-state index contributed by atoms with van der Waals surface area (Å²) >= 11 is 0. The van der Waals surface area contributed by atoms with E-state index in [1.54, 1.807) is 17.2 Å². The second-order valence-electron chi connectivity index (χ2n) is 4.19. The summed E-state index contributed by atoms with van der Waals surface area (Å²) in [4.78, 5) is 3.93. The van der Waals surface area contributed by atoms with Gasteiger partial charge >= 0.3 is 0 Å². The molecule has 3 rings (SSSR count). The lowest BCUT2D eigenvalue weighted by Crippen LogP contribution is -2.05. The van der Waals surface area contributed by atoms with Crippen LogP contribution < -0.4 is 5.32 Å². The van der Waals surface area contributed by atoms with E-state index < -0.39 is 0 Å². The molecule has 3 aromatic rings. The van der Waals surface area contributed by atoms with Crippen LogP contribution in [0, 0.1) is 0 Å². The highest BCUT2D eigenvalue weighted by Gasteiger charge is 2.00. The second kappa shape index (κ2) is 4.93. The minimum atomic E-state index is 0.749. The number of aryl methyl sites for hydroxylation is 1. The molecule has 0 saturated heterocycles. The van der Waals surface area contributed by atoms with Gasteiger partial charge in [0.15, 0.2) is 0 Å². The van der Waals surface area contributed by atoms with Gasteiger partial charge in [0.1, 0.15) is 12.7 Å². The average molecular weight is 254 g/mol. The van der Waals surface area contributed by atoms with E-state index in [9.17, 15) is 0 Å². The first kappa shape index (κ1) is 11.5. The van der Waals surface area contributed by atoms with Crippen LogP contribution in [0.25, 0.3) is 5.69 Å². The molecule has 0 bridgehead atoms. The minimum absolute atomic E-state index is 0.749. The van der Waals surface area contributed by atoms with E-state index in [0.717, 1.165) is 23.6 Å². The number of hydrogen-bond acceptors (Lipinski definition) is 4. The number of aromatic nitrogens is 5. The van der Waals surface area contributed by atoms with Gasteiger partial charge < -0.3 is 5.32 Å². The maximum atomic E-state index is 4.13. The van der Waals surface area contributed by atoms with Crippen molar-refractivity contribution in [2.45, 2.75) is 6.54 Å². The molecule has 2 aromatic heterocycles. The van der Waals surface area contributed by atoms with Crippen LogP contribution in [0.15, 0.2) is 49.2 Å². The molecule has 0 aliphatic heterocycles. The highest BCUT2D eigenvalue weighted by Crippen LogP contribution is 2.13. The lowest BCUT2D eigenvalue weighted by molar-refractivity contribution is 0.720. The monoisotopic (exact) mass is 254 g/mol. The Morgan fingerprint density at radius 1 is 1.11 bits per heavy atom. The summed E-state index contributed by atoms with van der Waals surface area (Å²) in [6, 6.07) is 10.0. The quantitative estimate of drug-likeness (QED) is 0.768. The molecule has 6 nitrogen and oxygen atoms in total. The van der Waals surface area contributed by atoms with Gasteiger partial charge in [-0.05, 0) is 30.3 Å². The van der Waals surface area contributed by atoms with Gasteiger partial charge in [0.2, 0.25) is 0 Å². The Labute approximate surface area is 110 Å². The standard InChI is InChI=1S/C13H14N6/c1-18-13(6-7-16-18)8-15-11-2-4-12(5-3-11)19-10-14-9-17-19/h2-7,9-10,15H,8H2,1H3. The van der Waals surface area contributed by atoms with Crippen molar-refractivity contribution in [3.63, 3.8) is 0 Å². The van der Waals surface area contributed by atoms with E-state index in [1.807, 2.05) is 42.1 Å². The molecule has 0 amide bonds. The van der Waals surface area contributed by atoms with E-state index in [1.165, 1.54) is 6.33 Å². The third-order valence-electron chi connectivity index (χ3n) is 2.95. The summed E-state index contributed by atoms with van der Waals surface area (Å²) in [6.07, 6.45) is 5.00. The smallest absolute Gasteiger partial charge is 0.138 e. The highest BCUT2D eigenvalue weighted by atomic mass is 15.3. The van der Waals surface area contributed by atoms with Gasteiger partial charge in [-0.3, -0.25) is 4.68 Å². The number of benzene rings is 1. The van der Waals surface area contributed by atoms with E-state index in [-0.39, 0.29) is 0 Å². The van der Waals surface area contributed by atoms with Gasteiger partial charge in [-0.1, -0.05) is 0 Å². The predicted octanol–water partition coefficient (Wildman–Crippen LogP) is 1.61. The molecule has 0 unspecified atom stereocenters. The first-order valence-electron chi connectivity index (χ1n) is 5.99. The number of nitrogens with zero attached hydrogens (tertiary/aromatic N) is 5. The number of anilines is 1. The first-order valence-corrected chi connectivity index (χ1v) is 5.99. The van der Waals surface area contributed by atoms with Gasteiger partial charge in [0.05, 0.1) is 17.9 Å². The SMILES string of the molecule is Cn1nccc1CNc1ccc(-n2cncn2)cc1. The topological polar surface area (TPSA) is 60.6 Å². The van der Waals surface area contributed by atoms with E-state index in [0.29, 0.717) is 0 Å². The van der Waals surface area contributed by atoms with Crippen LogP contribution in [0.5, 0.6) is 0 Å². The molecule has 0 aliphatic rings. The Bertz CT molecular complexity index is 638. The van der Waals surface area contributed by atoms with E-state index in [4.69, 9.17) is 0 Å². The fourth-order valence-electron chi connectivity index (χ4n) is 1.84. The number of rotatable bonds is 4. The van der Waals surface area contributed by atoms with Gasteiger partial charge in [0.25, 0.3) is 0 Å². The molecule has 1 N–H and O–H groups in total. The molecular weight excluding hydrogens is 240 g/mol. The Hall–Kier alpha value is -2.63. The van der Waals surface area contributed by atoms with Crippen LogP contribution in [-0.2, 0) is 13.6 Å². The molecule has 2 heterocycles. The molecule has 0 radical (unpaired) electrons. The van der Waals surface area contributed by atoms with Gasteiger partial charge in [-0.2, -0.15) is 10.2 Å². The Kier molecular flexibility index (Phi) is 2.97. The molecule has 0 saturated carbocycles. The lowest BCUT2D eigenvalue weighted by Gasteiger charge is -2.07. The zero-order valence-corrected chi connectivity index (χ0v) is 10.6. The van der Waals surface area contributed by atoms with Crippen molar-refractivity contribution >= 4 is 5.69 Å². The van der Waals surface area contributed by atoms with Crippen molar-refractivity contribution in [1.82, 2.24) is 24.5 Å². The van der Waals surface area contributed by atoms with Crippen LogP contribution in [0.2, 0.25) is 0 Å². The predicted molar refractivity (Wildman–Crippen MR) is 71.9 cm³/mol. The Morgan fingerprint density at radius 2 is 1.95 bits per heavy atom. The van der Waals surface area contributed by atoms with Gasteiger partial charge in [0, 0.05) is 18.9 Å². The molecular formula is C13H14N6. The Morgan fingerprint density at radius 3 is 2.58 bits per heavy atom. The zero-order valence-electron chi connectivity index (χ0n) is 10.6. The van der Waals surface area contributed by atoms with Crippen LogP contribution in [0.3, 0.4) is 0 Å². The molecule has 1 aromatic carbocycles. The minimum Gasteiger partial charge on any atom is -0.379 e. The molecule has 6 heteroatoms. The van der Waals surface area contributed by atoms with Crippen molar-refractivity contribution in [1.29, 1.82) is 0 Å². The average Bonchev–Trinajstić information content (AvgIpc) is 3.09. The van der Waals surface area contributed by atoms with Crippen molar-refractivity contribution < 1.29 is 0 Å². The fraction of sp³-hybridized carbons (Fsp3) is 0.154. The largest absolute Gasteiger partial charge is 0.379 e. The molecule has 0 fully saturated rings. The Balaban J connectivity index is 1.68. The third-order valence-corrected chi connectivity index (χ3v) is 2.95. The zero-order chi connectivity index (χ0) is 13.1. The summed E-state index contributed by atoms with van der Waals surface area (Å²) in [6.45, 7) is 0.749. The summed E-state index contributed by atoms with van der Waals surface area (Å²) in [5.41, 5.74) is 3.19. The van der Waals surface area contributed by atoms with Crippen LogP contribution in [0.1, 0.15) is 5.69 Å². The van der Waals surface area contributed by atoms with E-state index in [2.05, 4.69) is 20.5 Å². The lowest BCUT2D eigenvalue weighted by atomic mass is 10.2. The highest BCUT2D eigenvalue weighted by molar-refractivity contribution is 5.48. The second-order valence-corrected chi connectivity index (χ2v) is 4.19.